The number of ether oxygens (including phenoxy) is 1. The molecular weight excluding hydrogens is 292 g/mol. The van der Waals surface area contributed by atoms with Gasteiger partial charge in [0, 0.05) is 16.4 Å². The summed E-state index contributed by atoms with van der Waals surface area (Å²) in [7, 11) is 0. The fraction of sp³-hybridized carbons (Fsp3) is 0.429. The molecule has 1 N–H and O–H groups in total. The Morgan fingerprint density at radius 1 is 1.60 bits per heavy atom. The minimum absolute atomic E-state index is 0.0587. The summed E-state index contributed by atoms with van der Waals surface area (Å²) in [6.07, 6.45) is 4.03. The van der Waals surface area contributed by atoms with Crippen LogP contribution < -0.4 is 5.32 Å². The summed E-state index contributed by atoms with van der Waals surface area (Å²) < 4.78 is 5.57. The molecule has 0 spiro atoms. The molecule has 1 atom stereocenters. The topological polar surface area (TPSA) is 41.6 Å². The highest BCUT2D eigenvalue weighted by Crippen LogP contribution is 2.22. The Hall–Kier alpha value is -1.24. The van der Waals surface area contributed by atoms with Crippen molar-refractivity contribution in [3.63, 3.8) is 0 Å². The van der Waals surface area contributed by atoms with Crippen LogP contribution in [0.1, 0.15) is 22.6 Å². The molecule has 0 aromatic carbocycles. The van der Waals surface area contributed by atoms with E-state index in [1.54, 1.807) is 16.2 Å². The maximum Gasteiger partial charge on any atom is 0.276 e. The van der Waals surface area contributed by atoms with Crippen LogP contribution in [0.2, 0.25) is 0 Å². The van der Waals surface area contributed by atoms with Gasteiger partial charge in [0.1, 0.15) is 5.70 Å². The molecule has 0 bridgehead atoms. The number of carbonyl (C=O) groups is 1. The number of aryl methyl sites for hydroxylation is 1. The quantitative estimate of drug-likeness (QED) is 0.687. The van der Waals surface area contributed by atoms with Crippen LogP contribution in [0, 0.1) is 6.92 Å². The molecule has 106 valence electrons. The van der Waals surface area contributed by atoms with Gasteiger partial charge in [-0.05, 0) is 50.2 Å². The molecule has 1 unspecified atom stereocenters. The van der Waals surface area contributed by atoms with Crippen LogP contribution in [-0.2, 0) is 9.53 Å². The summed E-state index contributed by atoms with van der Waals surface area (Å²) in [5.74, 6) is -0.0587. The molecule has 0 aliphatic carbocycles. The molecule has 3 rings (SSSR count). The lowest BCUT2D eigenvalue weighted by atomic mass is 10.2. The van der Waals surface area contributed by atoms with Gasteiger partial charge in [-0.2, -0.15) is 0 Å². The average molecular weight is 308 g/mol. The van der Waals surface area contributed by atoms with E-state index < -0.39 is 0 Å². The summed E-state index contributed by atoms with van der Waals surface area (Å²) in [6, 6.07) is 4.05. The first-order chi connectivity index (χ1) is 9.63. The Labute approximate surface area is 127 Å². The molecular formula is C14H16N2O2S2. The van der Waals surface area contributed by atoms with Gasteiger partial charge in [0.25, 0.3) is 5.91 Å². The van der Waals surface area contributed by atoms with Crippen LogP contribution in [0.4, 0.5) is 0 Å². The van der Waals surface area contributed by atoms with Gasteiger partial charge in [-0.3, -0.25) is 9.69 Å². The second-order valence-electron chi connectivity index (χ2n) is 4.99. The first-order valence-corrected chi connectivity index (χ1v) is 7.88. The first kappa shape index (κ1) is 13.7. The Bertz CT molecular complexity index is 573. The summed E-state index contributed by atoms with van der Waals surface area (Å²) >= 11 is 6.91. The molecule has 0 saturated carbocycles. The first-order valence-electron chi connectivity index (χ1n) is 6.66. The predicted octanol–water partition coefficient (Wildman–Crippen LogP) is 2.29. The second-order valence-corrected chi connectivity index (χ2v) is 6.69. The normalized spacial score (nSPS) is 24.8. The van der Waals surface area contributed by atoms with E-state index in [0.29, 0.717) is 17.4 Å². The Kier molecular flexibility index (Phi) is 3.87. The van der Waals surface area contributed by atoms with Gasteiger partial charge < -0.3 is 10.1 Å². The van der Waals surface area contributed by atoms with E-state index in [0.717, 1.165) is 24.3 Å². The number of carbonyl (C=O) groups excluding carboxylic acids is 1. The SMILES string of the molecule is Cc1ccc(/C=C2/NC(=S)N(CC3CCCO3)C2=O)s1. The van der Waals surface area contributed by atoms with Crippen molar-refractivity contribution in [2.24, 2.45) is 0 Å². The molecule has 1 aromatic heterocycles. The van der Waals surface area contributed by atoms with Gasteiger partial charge in [-0.15, -0.1) is 11.3 Å². The van der Waals surface area contributed by atoms with Crippen molar-refractivity contribution < 1.29 is 9.53 Å². The van der Waals surface area contributed by atoms with Crippen LogP contribution in [0.25, 0.3) is 6.08 Å². The third-order valence-corrected chi connectivity index (χ3v) is 4.69. The van der Waals surface area contributed by atoms with Crippen LogP contribution in [0.15, 0.2) is 17.8 Å². The largest absolute Gasteiger partial charge is 0.376 e. The molecule has 2 aliphatic rings. The Morgan fingerprint density at radius 3 is 3.10 bits per heavy atom. The zero-order chi connectivity index (χ0) is 14.1. The molecule has 2 fully saturated rings. The third kappa shape index (κ3) is 2.77. The van der Waals surface area contributed by atoms with Crippen molar-refractivity contribution in [2.75, 3.05) is 13.2 Å². The third-order valence-electron chi connectivity index (χ3n) is 3.42. The van der Waals surface area contributed by atoms with Crippen LogP contribution in [0.3, 0.4) is 0 Å². The minimum Gasteiger partial charge on any atom is -0.376 e. The Balaban J connectivity index is 1.74. The lowest BCUT2D eigenvalue weighted by Gasteiger charge is -2.18. The smallest absolute Gasteiger partial charge is 0.276 e. The lowest BCUT2D eigenvalue weighted by molar-refractivity contribution is -0.123. The number of hydrogen-bond donors (Lipinski definition) is 1. The zero-order valence-corrected chi connectivity index (χ0v) is 12.9. The van der Waals surface area contributed by atoms with E-state index in [9.17, 15) is 4.79 Å². The van der Waals surface area contributed by atoms with Gasteiger partial charge in [0.15, 0.2) is 5.11 Å². The van der Waals surface area contributed by atoms with E-state index in [-0.39, 0.29) is 12.0 Å². The highest BCUT2D eigenvalue weighted by Gasteiger charge is 2.33. The fourth-order valence-corrected chi connectivity index (χ4v) is 3.49. The zero-order valence-electron chi connectivity index (χ0n) is 11.2. The van der Waals surface area contributed by atoms with Crippen LogP contribution >= 0.6 is 23.6 Å². The van der Waals surface area contributed by atoms with E-state index >= 15 is 0 Å². The monoisotopic (exact) mass is 308 g/mol. The van der Waals surface area contributed by atoms with Crippen molar-refractivity contribution in [1.82, 2.24) is 10.2 Å². The molecule has 1 amide bonds. The summed E-state index contributed by atoms with van der Waals surface area (Å²) in [5.41, 5.74) is 0.551. The number of hydrogen-bond acceptors (Lipinski definition) is 4. The maximum atomic E-state index is 12.4. The van der Waals surface area contributed by atoms with Crippen molar-refractivity contribution in [2.45, 2.75) is 25.9 Å². The predicted molar refractivity (Wildman–Crippen MR) is 83.5 cm³/mol. The van der Waals surface area contributed by atoms with Crippen LogP contribution in [0.5, 0.6) is 0 Å². The van der Waals surface area contributed by atoms with Gasteiger partial charge in [0.05, 0.1) is 12.6 Å². The van der Waals surface area contributed by atoms with Crippen molar-refractivity contribution >= 4 is 40.7 Å². The highest BCUT2D eigenvalue weighted by molar-refractivity contribution is 7.80. The van der Waals surface area contributed by atoms with Gasteiger partial charge in [0.2, 0.25) is 0 Å². The summed E-state index contributed by atoms with van der Waals surface area (Å²) in [5, 5.41) is 3.48. The molecule has 20 heavy (non-hydrogen) atoms. The van der Waals surface area contributed by atoms with E-state index in [4.69, 9.17) is 17.0 Å². The number of nitrogens with one attached hydrogen (secondary N) is 1. The average Bonchev–Trinajstić information content (AvgIpc) is 3.10. The standard InChI is InChI=1S/C14H16N2O2S2/c1-9-4-5-11(20-9)7-12-13(17)16(14(19)15-12)8-10-3-2-6-18-10/h4-5,7,10H,2-3,6,8H2,1H3,(H,15,19)/b12-7+. The van der Waals surface area contributed by atoms with Gasteiger partial charge >= 0.3 is 0 Å². The van der Waals surface area contributed by atoms with E-state index in [1.807, 2.05) is 25.1 Å². The highest BCUT2D eigenvalue weighted by atomic mass is 32.1. The lowest BCUT2D eigenvalue weighted by Crippen LogP contribution is -2.37. The molecule has 2 aliphatic heterocycles. The summed E-state index contributed by atoms with van der Waals surface area (Å²) in [4.78, 5) is 16.3. The molecule has 1 aromatic rings. The number of nitrogens with zero attached hydrogens (tertiary/aromatic N) is 1. The minimum atomic E-state index is -0.0587. The maximum absolute atomic E-state index is 12.4. The van der Waals surface area contributed by atoms with Crippen molar-refractivity contribution in [1.29, 1.82) is 0 Å². The number of thiophene rings is 1. The molecule has 6 heteroatoms. The molecule has 3 heterocycles. The van der Waals surface area contributed by atoms with Crippen molar-refractivity contribution in [3.05, 3.63) is 27.6 Å². The van der Waals surface area contributed by atoms with E-state index in [1.165, 1.54) is 4.88 Å². The van der Waals surface area contributed by atoms with E-state index in [2.05, 4.69) is 5.32 Å². The summed E-state index contributed by atoms with van der Waals surface area (Å²) in [6.45, 7) is 3.38. The van der Waals surface area contributed by atoms with Gasteiger partial charge in [-0.1, -0.05) is 0 Å². The van der Waals surface area contributed by atoms with Crippen LogP contribution in [-0.4, -0.2) is 35.2 Å². The number of amides is 1. The molecule has 2 saturated heterocycles. The number of thiocarbonyl (C=S) groups is 1. The fourth-order valence-electron chi connectivity index (χ4n) is 2.40. The molecule has 4 nitrogen and oxygen atoms in total. The van der Waals surface area contributed by atoms with Gasteiger partial charge in [-0.25, -0.2) is 0 Å². The number of rotatable bonds is 3. The molecule has 0 radical (unpaired) electrons. The Morgan fingerprint density at radius 2 is 2.45 bits per heavy atom. The second kappa shape index (κ2) is 5.63. The van der Waals surface area contributed by atoms with Crippen molar-refractivity contribution in [3.8, 4) is 0 Å².